The van der Waals surface area contributed by atoms with Gasteiger partial charge in [-0.3, -0.25) is 29.5 Å². The second-order valence-electron chi connectivity index (χ2n) is 15.9. The Morgan fingerprint density at radius 2 is 1.03 bits per heavy atom. The largest absolute Gasteiger partial charge is 0.411 e. The van der Waals surface area contributed by atoms with Crippen LogP contribution in [0.25, 0.3) is 0 Å². The third kappa shape index (κ3) is 20.4. The number of halogens is 1. The van der Waals surface area contributed by atoms with Crippen molar-refractivity contribution in [1.82, 2.24) is 24.4 Å². The van der Waals surface area contributed by atoms with Gasteiger partial charge in [-0.05, 0) is 117 Å². The van der Waals surface area contributed by atoms with E-state index in [4.69, 9.17) is 41.2 Å². The highest BCUT2D eigenvalue weighted by atomic mass is 35.5. The van der Waals surface area contributed by atoms with E-state index in [0.717, 1.165) is 69.7 Å². The number of aryl methyl sites for hydroxylation is 4. The summed E-state index contributed by atoms with van der Waals surface area (Å²) in [6.07, 6.45) is 4.16. The Bertz CT molecular complexity index is 2400. The summed E-state index contributed by atoms with van der Waals surface area (Å²) in [7, 11) is 0. The van der Waals surface area contributed by atoms with Crippen LogP contribution < -0.4 is 0 Å². The van der Waals surface area contributed by atoms with Crippen molar-refractivity contribution in [3.8, 4) is 0 Å². The number of oxime groups is 6. The molecule has 0 spiro atoms. The van der Waals surface area contributed by atoms with Gasteiger partial charge in [0.25, 0.3) is 0 Å². The standard InChI is InChI=1S/C23H29N5O3.C20H24N4O2.C4H4ClNO2.C3H7NO/c1-6-20-13-23(31-28-20,14-29-26-18(4)21-11-7-9-16(2)24-21)15-30-27-19(5)22-12-8-10-17(3)25-22;1-14(12-25-23-17(4)19-10-6-8-15(2)21-19)13-26-24-18(5)20-11-7-9-16(3)22-20;5-6-3(7)1-2-4(6)8;1-2-3-4-5/h7-12H,6,13-15H2,1-5H3;6-11H,1,12-13H2,2-5H3;1-2H2;3,5H,2H2,1H3/b26-18+,27-19+;23-17+,24-18+;;4-3+. The number of hydrogen-bond donors (Lipinski definition) is 1. The first-order valence-electron chi connectivity index (χ1n) is 22.5. The molecule has 1 N–H and O–H groups in total. The molecule has 70 heavy (non-hydrogen) atoms. The van der Waals surface area contributed by atoms with Crippen molar-refractivity contribution >= 4 is 58.4 Å². The molecule has 4 aromatic rings. The lowest BCUT2D eigenvalue weighted by Crippen LogP contribution is -2.39. The number of rotatable bonds is 18. The van der Waals surface area contributed by atoms with Gasteiger partial charge in [0.2, 0.25) is 17.4 Å². The van der Waals surface area contributed by atoms with Crippen molar-refractivity contribution in [2.45, 2.75) is 107 Å². The van der Waals surface area contributed by atoms with E-state index in [1.165, 1.54) is 6.21 Å². The third-order valence-electron chi connectivity index (χ3n) is 9.59. The van der Waals surface area contributed by atoms with E-state index in [0.29, 0.717) is 33.7 Å². The van der Waals surface area contributed by atoms with Crippen LogP contribution in [0.5, 0.6) is 0 Å². The van der Waals surface area contributed by atoms with Crippen LogP contribution in [0.1, 0.15) is 119 Å². The molecule has 20 heteroatoms. The first-order valence-corrected chi connectivity index (χ1v) is 22.8. The van der Waals surface area contributed by atoms with E-state index >= 15 is 0 Å². The topological polar surface area (TPSA) is 229 Å². The predicted octanol–water partition coefficient (Wildman–Crippen LogP) is 9.18. The number of amides is 2. The van der Waals surface area contributed by atoms with Gasteiger partial charge in [-0.2, -0.15) is 4.42 Å². The van der Waals surface area contributed by atoms with Gasteiger partial charge in [0.05, 0.1) is 28.5 Å². The van der Waals surface area contributed by atoms with Crippen LogP contribution in [0.2, 0.25) is 0 Å². The Hall–Kier alpha value is -7.41. The van der Waals surface area contributed by atoms with Crippen molar-refractivity contribution in [3.05, 3.63) is 130 Å². The first kappa shape index (κ1) is 56.9. The van der Waals surface area contributed by atoms with Gasteiger partial charge in [0, 0.05) is 65.6 Å². The van der Waals surface area contributed by atoms with Crippen LogP contribution in [0.3, 0.4) is 0 Å². The van der Waals surface area contributed by atoms with E-state index in [9.17, 15) is 9.59 Å². The smallest absolute Gasteiger partial charge is 0.244 e. The number of carbonyl (C=O) groups excluding carboxylic acids is 2. The van der Waals surface area contributed by atoms with Gasteiger partial charge in [0.1, 0.15) is 36.1 Å². The maximum Gasteiger partial charge on any atom is 0.244 e. The Kier molecular flexibility index (Phi) is 24.5. The van der Waals surface area contributed by atoms with E-state index in [1.54, 1.807) is 0 Å². The van der Waals surface area contributed by atoms with E-state index in [1.807, 2.05) is 142 Å². The first-order chi connectivity index (χ1) is 33.5. The van der Waals surface area contributed by atoms with Crippen LogP contribution in [0.15, 0.2) is 116 Å². The fraction of sp³-hybridized carbons (Fsp3) is 0.400. The highest BCUT2D eigenvalue weighted by Crippen LogP contribution is 2.27. The maximum atomic E-state index is 10.4. The zero-order valence-electron chi connectivity index (χ0n) is 41.7. The molecule has 374 valence electrons. The van der Waals surface area contributed by atoms with Gasteiger partial charge in [-0.15, -0.1) is 5.16 Å². The van der Waals surface area contributed by atoms with E-state index in [-0.39, 0.29) is 51.1 Å². The molecule has 0 aromatic carbocycles. The zero-order chi connectivity index (χ0) is 51.5. The molecule has 2 aliphatic heterocycles. The average molecular weight is 983 g/mol. The summed E-state index contributed by atoms with van der Waals surface area (Å²) in [5, 5.41) is 31.1. The molecule has 1 saturated heterocycles. The molecule has 6 heterocycles. The fourth-order valence-corrected chi connectivity index (χ4v) is 5.92. The predicted molar refractivity (Wildman–Crippen MR) is 271 cm³/mol. The SMILES string of the molecule is C=C(CO/N=C(\C)c1cccc(C)n1)CO/N=C(\C)c1cccc(C)n1.CC/C=N/O.CCC1=NOC(CO/N=C(\C)c2cccc(C)n2)(CO/N=C(\C)c2cccc(C)n2)C1.O=C1CCC(=O)N1Cl. The number of imide groups is 1. The second-order valence-corrected chi connectivity index (χ2v) is 16.3. The Labute approximate surface area is 415 Å². The molecule has 0 bridgehead atoms. The molecule has 1 fully saturated rings. The molecule has 6 rings (SSSR count). The van der Waals surface area contributed by atoms with Crippen LogP contribution >= 0.6 is 11.8 Å². The van der Waals surface area contributed by atoms with Crippen molar-refractivity contribution < 1.29 is 39.0 Å². The van der Waals surface area contributed by atoms with E-state index < -0.39 is 5.60 Å². The minimum atomic E-state index is -0.779. The normalized spacial score (nSPS) is 14.6. The Morgan fingerprint density at radius 3 is 1.29 bits per heavy atom. The van der Waals surface area contributed by atoms with Crippen LogP contribution in [0, 0.1) is 27.7 Å². The maximum absolute atomic E-state index is 10.4. The van der Waals surface area contributed by atoms with Gasteiger partial charge < -0.3 is 29.4 Å². The van der Waals surface area contributed by atoms with Crippen LogP contribution in [-0.2, 0) is 33.8 Å². The lowest BCUT2D eigenvalue weighted by atomic mass is 9.98. The summed E-state index contributed by atoms with van der Waals surface area (Å²) in [6.45, 7) is 23.9. The number of aromatic nitrogens is 4. The summed E-state index contributed by atoms with van der Waals surface area (Å²) in [6, 6.07) is 23.1. The highest BCUT2D eigenvalue weighted by molar-refractivity contribution is 6.32. The van der Waals surface area contributed by atoms with Crippen molar-refractivity contribution in [2.75, 3.05) is 26.4 Å². The molecular weight excluding hydrogens is 918 g/mol. The molecule has 2 aliphatic rings. The molecular formula is C50H64ClN11O8. The Balaban J connectivity index is 0.000000297. The van der Waals surface area contributed by atoms with Crippen molar-refractivity contribution in [1.29, 1.82) is 0 Å². The van der Waals surface area contributed by atoms with Gasteiger partial charge in [-0.1, -0.05) is 70.5 Å². The zero-order valence-corrected chi connectivity index (χ0v) is 42.4. The number of carbonyl (C=O) groups is 2. The monoisotopic (exact) mass is 981 g/mol. The summed E-state index contributed by atoms with van der Waals surface area (Å²) in [4.78, 5) is 66.0. The Morgan fingerprint density at radius 1 is 0.671 bits per heavy atom. The molecule has 0 unspecified atom stereocenters. The second kappa shape index (κ2) is 30.2. The molecule has 0 saturated carbocycles. The van der Waals surface area contributed by atoms with Gasteiger partial charge >= 0.3 is 0 Å². The summed E-state index contributed by atoms with van der Waals surface area (Å²) in [5.74, 6) is -0.590. The summed E-state index contributed by atoms with van der Waals surface area (Å²) < 4.78 is 0.639. The lowest BCUT2D eigenvalue weighted by molar-refractivity contribution is -0.132. The number of pyridine rings is 4. The molecule has 4 aromatic heterocycles. The van der Waals surface area contributed by atoms with Gasteiger partial charge in [-0.25, -0.2) is 0 Å². The van der Waals surface area contributed by atoms with Crippen molar-refractivity contribution in [3.63, 3.8) is 0 Å². The van der Waals surface area contributed by atoms with Crippen LogP contribution in [-0.4, -0.2) is 108 Å². The highest BCUT2D eigenvalue weighted by Gasteiger charge is 2.41. The molecule has 2 amide bonds. The fourth-order valence-electron chi connectivity index (χ4n) is 5.76. The molecule has 19 nitrogen and oxygen atoms in total. The third-order valence-corrected chi connectivity index (χ3v) is 9.97. The quantitative estimate of drug-likeness (QED) is 0.0246. The van der Waals surface area contributed by atoms with E-state index in [2.05, 4.69) is 57.4 Å². The minimum absolute atomic E-state index is 0.181. The number of nitrogens with zero attached hydrogens (tertiary/aromatic N) is 11. The average Bonchev–Trinajstić information content (AvgIpc) is 3.89. The van der Waals surface area contributed by atoms with Crippen LogP contribution in [0.4, 0.5) is 0 Å². The van der Waals surface area contributed by atoms with Crippen molar-refractivity contribution in [2.24, 2.45) is 30.9 Å². The minimum Gasteiger partial charge on any atom is -0.411 e. The lowest BCUT2D eigenvalue weighted by Gasteiger charge is -2.23. The summed E-state index contributed by atoms with van der Waals surface area (Å²) in [5.41, 5.74) is 10.5. The molecule has 0 aliphatic carbocycles. The summed E-state index contributed by atoms with van der Waals surface area (Å²) >= 11 is 5.15. The van der Waals surface area contributed by atoms with Gasteiger partial charge in [0.15, 0.2) is 13.2 Å². The molecule has 0 radical (unpaired) electrons. The molecule has 0 atom stereocenters. The number of hydrogen-bond acceptors (Lipinski definition) is 18.